The van der Waals surface area contributed by atoms with E-state index >= 15 is 14.0 Å². The number of nitrogens with zero attached hydrogens (tertiary/aromatic N) is 7. The van der Waals surface area contributed by atoms with Gasteiger partial charge in [-0.05, 0) is 82.4 Å². The van der Waals surface area contributed by atoms with Crippen LogP contribution in [0.15, 0.2) is 42.9 Å². The summed E-state index contributed by atoms with van der Waals surface area (Å²) in [4.78, 5) is 56.0. The Morgan fingerprint density at radius 1 is 0.885 bits per heavy atom. The number of hydrogen-bond donors (Lipinski definition) is 2. The summed E-state index contributed by atoms with van der Waals surface area (Å²) in [6, 6.07) is 6.59. The van der Waals surface area contributed by atoms with Crippen molar-refractivity contribution in [2.75, 3.05) is 67.1 Å². The molecular formula is C66H104FN9O11. The number of ether oxygens (including phenoxy) is 8. The van der Waals surface area contributed by atoms with Crippen LogP contribution in [0.1, 0.15) is 158 Å². The average Bonchev–Trinajstić information content (AvgIpc) is 1.49. The number of anilines is 1. The van der Waals surface area contributed by atoms with Crippen molar-refractivity contribution in [2.45, 2.75) is 219 Å². The van der Waals surface area contributed by atoms with Crippen molar-refractivity contribution < 1.29 is 56.7 Å². The van der Waals surface area contributed by atoms with Crippen molar-refractivity contribution in [1.29, 1.82) is 0 Å². The maximum Gasteiger partial charge on any atom is 0.219 e. The highest BCUT2D eigenvalue weighted by Crippen LogP contribution is 2.65. The van der Waals surface area contributed by atoms with E-state index in [2.05, 4.69) is 77.3 Å². The lowest BCUT2D eigenvalue weighted by atomic mass is 9.71. The van der Waals surface area contributed by atoms with E-state index in [1.807, 2.05) is 79.7 Å². The topological polar surface area (TPSA) is 226 Å². The molecule has 22 atom stereocenters. The zero-order chi connectivity index (χ0) is 63.5. The molecule has 2 aromatic heterocycles. The lowest BCUT2D eigenvalue weighted by Crippen LogP contribution is -2.58. The Morgan fingerprint density at radius 2 is 1.57 bits per heavy atom. The van der Waals surface area contributed by atoms with Gasteiger partial charge in [-0.2, -0.15) is 0 Å². The number of nitrogen functional groups attached to an aromatic ring is 1. The largest absolute Gasteiger partial charge is 0.381 e. The van der Waals surface area contributed by atoms with Crippen LogP contribution < -0.4 is 11.2 Å². The first-order valence-corrected chi connectivity index (χ1v) is 32.2. The minimum atomic E-state index is -1.15. The summed E-state index contributed by atoms with van der Waals surface area (Å²) in [7, 11) is 7.01. The van der Waals surface area contributed by atoms with Crippen LogP contribution in [0.4, 0.5) is 10.3 Å². The van der Waals surface area contributed by atoms with Gasteiger partial charge in [0.15, 0.2) is 18.4 Å². The van der Waals surface area contributed by atoms with Gasteiger partial charge in [0, 0.05) is 133 Å². The lowest BCUT2D eigenvalue weighted by molar-refractivity contribution is -0.300. The Morgan fingerprint density at radius 3 is 2.21 bits per heavy atom. The van der Waals surface area contributed by atoms with Crippen molar-refractivity contribution in [3.8, 4) is 11.1 Å². The molecule has 6 fully saturated rings. The fourth-order valence-corrected chi connectivity index (χ4v) is 15.4. The molecule has 2 saturated carbocycles. The molecule has 20 nitrogen and oxygen atoms in total. The molecule has 2 aliphatic carbocycles. The summed E-state index contributed by atoms with van der Waals surface area (Å²) in [6.07, 6.45) is 4.88. The van der Waals surface area contributed by atoms with E-state index in [0.29, 0.717) is 51.3 Å². The number of aromatic nitrogens is 5. The molecule has 486 valence electrons. The molecule has 1 aromatic carbocycles. The van der Waals surface area contributed by atoms with Gasteiger partial charge in [-0.3, -0.25) is 19.8 Å². The second-order valence-electron chi connectivity index (χ2n) is 27.0. The summed E-state index contributed by atoms with van der Waals surface area (Å²) < 4.78 is 69.2. The van der Waals surface area contributed by atoms with Gasteiger partial charge in [0.05, 0.1) is 54.0 Å². The first kappa shape index (κ1) is 68.6. The van der Waals surface area contributed by atoms with Crippen LogP contribution in [0.5, 0.6) is 0 Å². The Labute approximate surface area is 516 Å². The molecule has 0 radical (unpaired) electrons. The van der Waals surface area contributed by atoms with Crippen molar-refractivity contribution in [3.05, 3.63) is 54.1 Å². The van der Waals surface area contributed by atoms with Crippen molar-refractivity contribution in [2.24, 2.45) is 46.8 Å². The second kappa shape index (κ2) is 28.5. The highest BCUT2D eigenvalue weighted by molar-refractivity contribution is 6.03. The molecule has 10 unspecified atom stereocenters. The number of likely N-dealkylation sites (N-methyl/N-ethyl adjacent to an activating group) is 1. The first-order valence-electron chi connectivity index (χ1n) is 32.2. The number of ketones is 3. The standard InChI is InChI=1S/C64H98FN9O11.C2H6/c1-36-27-63(11,80-15)58(85-53-26-49(25-38(3)82-53)72(12)22-20-48-34-73(71-70-48)50(30-65)57(78-13)46-18-16-45(17-19-46)47-32-67-60(66)68-33-47)40(5)56(84-54-29-62(10,79-14)41(6)43(8)83-54)39(4)51(75)24-37(2)61(9)28-52(76)64(42(7)55(36)77)59(61)74(64)69-31-44-21-23-81-35-44;1-2/h16-19,32-34,36-44,49-50,53-54,56-59,69H,20-31,35H2,1-15H3,(H2,66,67,68);1-2H3/t36-,37+,38?,39+,40+,41+,42+,43?,44?,49?,50?,53?,54+,56-,57?,58-,59?,61-,62-,63-,64?,74?;/m1./s1. The quantitative estimate of drug-likeness (QED) is 0.107. The van der Waals surface area contributed by atoms with Gasteiger partial charge in [0.25, 0.3) is 0 Å². The number of carbonyl (C=O) groups is 3. The number of hydrogen-bond acceptors (Lipinski definition) is 19. The SMILES string of the molecule is CC.COC(c1ccc(-c2cnc(N)nc2)cc1)C(CF)n1cc(CCN(C)C2CC(C)OC(O[C@@H]3[C@@H](C)[C@H](O[C@H]4C[C@@](C)(OC)[C@@H](C)C(C)O4)[C@@H](C)C(=O)C[C@H](C)[C@@]4(C)CC(=O)C5(C4N5NCC4CCOC4)[C@@H](C)C(=O)[C@H](C)C[C@@]3(C)OC)C2)nn1. The summed E-state index contributed by atoms with van der Waals surface area (Å²) in [5.41, 5.74) is 9.15. The number of methoxy groups -OCH3 is 3. The van der Waals surface area contributed by atoms with E-state index in [9.17, 15) is 4.79 Å². The van der Waals surface area contributed by atoms with E-state index in [0.717, 1.165) is 29.5 Å². The number of carbonyl (C=O) groups excluding carboxylic acids is 3. The van der Waals surface area contributed by atoms with Crippen LogP contribution in [0.2, 0.25) is 0 Å². The Kier molecular flexibility index (Phi) is 22.5. The zero-order valence-electron chi connectivity index (χ0n) is 55.1. The number of piperidine rings is 1. The van der Waals surface area contributed by atoms with Gasteiger partial charge < -0.3 is 48.5 Å². The molecule has 2 bridgehead atoms. The smallest absolute Gasteiger partial charge is 0.219 e. The summed E-state index contributed by atoms with van der Waals surface area (Å²) in [5.74, 6) is -2.07. The predicted molar refractivity (Wildman–Crippen MR) is 328 cm³/mol. The van der Waals surface area contributed by atoms with E-state index < -0.39 is 89.4 Å². The molecule has 4 saturated heterocycles. The third kappa shape index (κ3) is 14.0. The van der Waals surface area contributed by atoms with E-state index in [1.165, 1.54) is 0 Å². The van der Waals surface area contributed by atoms with Crippen LogP contribution in [0.3, 0.4) is 0 Å². The van der Waals surface area contributed by atoms with Crippen LogP contribution in [-0.4, -0.2) is 179 Å². The summed E-state index contributed by atoms with van der Waals surface area (Å²) in [5, 5.41) is 11.0. The number of halogens is 1. The predicted octanol–water partition coefficient (Wildman–Crippen LogP) is 9.02. The highest BCUT2D eigenvalue weighted by Gasteiger charge is 2.81. The Balaban J connectivity index is 0.00000486. The van der Waals surface area contributed by atoms with Gasteiger partial charge in [0.1, 0.15) is 35.9 Å². The maximum absolute atomic E-state index is 15.3. The molecule has 3 aromatic rings. The van der Waals surface area contributed by atoms with Crippen molar-refractivity contribution in [3.63, 3.8) is 0 Å². The van der Waals surface area contributed by atoms with Crippen LogP contribution in [0.25, 0.3) is 11.1 Å². The second-order valence-corrected chi connectivity index (χ2v) is 27.0. The zero-order valence-corrected chi connectivity index (χ0v) is 55.1. The summed E-state index contributed by atoms with van der Waals surface area (Å²) >= 11 is 0. The average molecular weight is 1220 g/mol. The Bertz CT molecular complexity index is 2760. The normalized spacial score (nSPS) is 39.1. The van der Waals surface area contributed by atoms with Gasteiger partial charge in [0.2, 0.25) is 5.95 Å². The fraction of sp³-hybridized carbons (Fsp3) is 0.773. The highest BCUT2D eigenvalue weighted by atomic mass is 19.1. The number of rotatable bonds is 19. The van der Waals surface area contributed by atoms with E-state index in [4.69, 9.17) is 43.6 Å². The first-order chi connectivity index (χ1) is 41.3. The third-order valence-electron chi connectivity index (χ3n) is 21.6. The fourth-order valence-electron chi connectivity index (χ4n) is 15.4. The molecular weight excluding hydrogens is 1110 g/mol. The molecule has 6 heterocycles. The molecule has 21 heteroatoms. The molecule has 0 spiro atoms. The van der Waals surface area contributed by atoms with Gasteiger partial charge in [-0.15, -0.1) is 5.10 Å². The molecule has 87 heavy (non-hydrogen) atoms. The molecule has 0 amide bonds. The van der Waals surface area contributed by atoms with Gasteiger partial charge in [-0.25, -0.2) is 24.0 Å². The molecule has 6 aliphatic rings. The van der Waals surface area contributed by atoms with Crippen molar-refractivity contribution in [1.82, 2.24) is 40.3 Å². The van der Waals surface area contributed by atoms with Gasteiger partial charge in [-0.1, -0.05) is 91.8 Å². The molecule has 3 N–H and O–H groups in total. The minimum absolute atomic E-state index is 0.00782. The van der Waals surface area contributed by atoms with Crippen LogP contribution >= 0.6 is 0 Å². The molecule has 9 rings (SSSR count). The van der Waals surface area contributed by atoms with Crippen LogP contribution in [-0.2, 0) is 58.7 Å². The number of hydrazine groups is 1. The number of nitrogens with two attached hydrogens (primary N) is 1. The van der Waals surface area contributed by atoms with Crippen LogP contribution in [0, 0.1) is 46.8 Å². The van der Waals surface area contributed by atoms with E-state index in [-0.39, 0.29) is 84.6 Å². The summed E-state index contributed by atoms with van der Waals surface area (Å²) in [6.45, 7) is 28.2. The Hall–Kier alpha value is -4.26. The van der Waals surface area contributed by atoms with E-state index in [1.54, 1.807) is 44.6 Å². The third-order valence-corrected chi connectivity index (χ3v) is 21.6. The lowest BCUT2D eigenvalue weighted by Gasteiger charge is -2.49. The number of benzene rings is 1. The molecule has 4 aliphatic heterocycles. The minimum Gasteiger partial charge on any atom is -0.381 e. The number of nitrogens with one attached hydrogen (secondary N) is 1. The number of Topliss-reactive ketones (excluding diaryl/α,β-unsaturated/α-hetero) is 3. The van der Waals surface area contributed by atoms with Gasteiger partial charge >= 0.3 is 0 Å². The maximum atomic E-state index is 15.3. The number of alkyl halides is 1. The van der Waals surface area contributed by atoms with Crippen molar-refractivity contribution >= 4 is 23.3 Å². The monoisotopic (exact) mass is 1220 g/mol.